The summed E-state index contributed by atoms with van der Waals surface area (Å²) in [6.45, 7) is -0.647. The van der Waals surface area contributed by atoms with Gasteiger partial charge in [0.1, 0.15) is 6.04 Å². The zero-order valence-corrected chi connectivity index (χ0v) is 10.7. The first kappa shape index (κ1) is 13.7. The predicted molar refractivity (Wildman–Crippen MR) is 63.5 cm³/mol. The molecule has 0 radical (unpaired) electrons. The van der Waals surface area contributed by atoms with Crippen molar-refractivity contribution in [2.75, 3.05) is 12.4 Å². The highest BCUT2D eigenvalue weighted by Gasteiger charge is 2.28. The molecule has 0 bridgehead atoms. The smallest absolute Gasteiger partial charge is 0.328 e. The van der Waals surface area contributed by atoms with Crippen LogP contribution in [0.25, 0.3) is 0 Å². The van der Waals surface area contributed by atoms with E-state index >= 15 is 0 Å². The summed E-state index contributed by atoms with van der Waals surface area (Å²) in [4.78, 5) is 22.2. The quantitative estimate of drug-likeness (QED) is 0.525. The Bertz CT molecular complexity index is 475. The summed E-state index contributed by atoms with van der Waals surface area (Å²) in [5, 5.41) is 31.4. The molecule has 19 heavy (non-hydrogen) atoms. The van der Waals surface area contributed by atoms with Crippen LogP contribution in [0, 0.1) is 0 Å². The number of hydrogen-bond donors (Lipinski definition) is 3. The number of hydrogen-bond acceptors (Lipinski definition) is 7. The molecule has 0 saturated heterocycles. The maximum Gasteiger partial charge on any atom is 0.328 e. The largest absolute Gasteiger partial charge is 0.480 e. The standard InChI is InChI=1S/C9H13N5O4S/c15-3-6(8(17)18)10-7(16)4-19-9-11-12-13-14(9)5-1-2-5/h5-6,15H,1-4H2,(H,10,16)(H,17,18). The van der Waals surface area contributed by atoms with Gasteiger partial charge in [0.25, 0.3) is 0 Å². The molecular weight excluding hydrogens is 274 g/mol. The average Bonchev–Trinajstić information content (AvgIpc) is 3.12. The number of thioether (sulfide) groups is 1. The first-order valence-electron chi connectivity index (χ1n) is 5.65. The molecule has 1 heterocycles. The fraction of sp³-hybridized carbons (Fsp3) is 0.667. The molecule has 9 nitrogen and oxygen atoms in total. The van der Waals surface area contributed by atoms with Gasteiger partial charge in [0, 0.05) is 0 Å². The van der Waals surface area contributed by atoms with Gasteiger partial charge in [-0.25, -0.2) is 9.48 Å². The lowest BCUT2D eigenvalue weighted by Gasteiger charge is -2.10. The Morgan fingerprint density at radius 2 is 2.26 bits per heavy atom. The summed E-state index contributed by atoms with van der Waals surface area (Å²) in [6, 6.07) is -0.975. The van der Waals surface area contributed by atoms with Crippen molar-refractivity contribution in [1.82, 2.24) is 25.5 Å². The number of carbonyl (C=O) groups excluding carboxylic acids is 1. The van der Waals surface area contributed by atoms with Crippen LogP contribution in [0.15, 0.2) is 5.16 Å². The molecule has 0 aliphatic heterocycles. The molecule has 3 N–H and O–H groups in total. The summed E-state index contributed by atoms with van der Waals surface area (Å²) >= 11 is 1.13. The summed E-state index contributed by atoms with van der Waals surface area (Å²) in [7, 11) is 0. The number of carboxylic acids is 1. The first-order chi connectivity index (χ1) is 9.11. The molecule has 1 atom stereocenters. The highest BCUT2D eigenvalue weighted by atomic mass is 32.2. The molecule has 10 heteroatoms. The molecule has 0 aromatic carbocycles. The molecule has 0 spiro atoms. The summed E-state index contributed by atoms with van der Waals surface area (Å²) < 4.78 is 1.67. The maximum absolute atomic E-state index is 11.5. The molecule has 1 amide bonds. The monoisotopic (exact) mass is 287 g/mol. The van der Waals surface area contributed by atoms with E-state index in [9.17, 15) is 9.59 Å². The molecule has 1 aromatic heterocycles. The number of aliphatic hydroxyl groups excluding tert-OH is 1. The third-order valence-corrected chi connectivity index (χ3v) is 3.44. The Morgan fingerprint density at radius 3 is 2.84 bits per heavy atom. The third kappa shape index (κ3) is 3.64. The van der Waals surface area contributed by atoms with Gasteiger partial charge in [0.15, 0.2) is 0 Å². The Kier molecular flexibility index (Phi) is 4.32. The average molecular weight is 287 g/mol. The normalized spacial score (nSPS) is 16.1. The minimum Gasteiger partial charge on any atom is -0.480 e. The number of aromatic nitrogens is 4. The second-order valence-corrected chi connectivity index (χ2v) is 5.01. The molecular formula is C9H13N5O4S. The van der Waals surface area contributed by atoms with Crippen molar-refractivity contribution in [2.45, 2.75) is 30.1 Å². The number of aliphatic hydroxyl groups is 1. The Balaban J connectivity index is 1.82. The lowest BCUT2D eigenvalue weighted by atomic mass is 10.3. The van der Waals surface area contributed by atoms with Crippen LogP contribution >= 0.6 is 11.8 Å². The molecule has 2 rings (SSSR count). The highest BCUT2D eigenvalue weighted by molar-refractivity contribution is 7.99. The minimum absolute atomic E-state index is 0.00310. The highest BCUT2D eigenvalue weighted by Crippen LogP contribution is 2.36. The van der Waals surface area contributed by atoms with Crippen LogP contribution in [-0.2, 0) is 9.59 Å². The SMILES string of the molecule is O=C(CSc1nnnn1C1CC1)NC(CO)C(=O)O. The molecule has 1 saturated carbocycles. The lowest BCUT2D eigenvalue weighted by Crippen LogP contribution is -2.44. The van der Waals surface area contributed by atoms with Crippen LogP contribution in [0.4, 0.5) is 0 Å². The van der Waals surface area contributed by atoms with Crippen LogP contribution in [-0.4, -0.2) is 60.7 Å². The number of nitrogens with zero attached hydrogens (tertiary/aromatic N) is 4. The zero-order chi connectivity index (χ0) is 13.8. The van der Waals surface area contributed by atoms with Crippen molar-refractivity contribution in [3.8, 4) is 0 Å². The predicted octanol–water partition coefficient (Wildman–Crippen LogP) is -1.34. The van der Waals surface area contributed by atoms with Crippen LogP contribution < -0.4 is 5.32 Å². The number of carboxylic acid groups (broad SMARTS) is 1. The van der Waals surface area contributed by atoms with Crippen molar-refractivity contribution >= 4 is 23.6 Å². The molecule has 1 aliphatic rings. The molecule has 1 unspecified atom stereocenters. The maximum atomic E-state index is 11.5. The second-order valence-electron chi connectivity index (χ2n) is 4.07. The lowest BCUT2D eigenvalue weighted by molar-refractivity contribution is -0.142. The third-order valence-electron chi connectivity index (χ3n) is 2.50. The first-order valence-corrected chi connectivity index (χ1v) is 6.64. The van der Waals surface area contributed by atoms with E-state index in [0.29, 0.717) is 11.2 Å². The van der Waals surface area contributed by atoms with Crippen molar-refractivity contribution in [3.05, 3.63) is 0 Å². The minimum atomic E-state index is -1.28. The van der Waals surface area contributed by atoms with E-state index < -0.39 is 24.5 Å². The van der Waals surface area contributed by atoms with Crippen molar-refractivity contribution < 1.29 is 19.8 Å². The van der Waals surface area contributed by atoms with E-state index in [1.807, 2.05) is 0 Å². The summed E-state index contributed by atoms with van der Waals surface area (Å²) in [5.41, 5.74) is 0. The van der Waals surface area contributed by atoms with Gasteiger partial charge < -0.3 is 15.5 Å². The topological polar surface area (TPSA) is 130 Å². The van der Waals surface area contributed by atoms with Gasteiger partial charge in [-0.3, -0.25) is 4.79 Å². The second kappa shape index (κ2) is 5.97. The van der Waals surface area contributed by atoms with Gasteiger partial charge in [0.2, 0.25) is 11.1 Å². The van der Waals surface area contributed by atoms with Crippen molar-refractivity contribution in [2.24, 2.45) is 0 Å². The fourth-order valence-electron chi connectivity index (χ4n) is 1.38. The van der Waals surface area contributed by atoms with Gasteiger partial charge >= 0.3 is 5.97 Å². The number of aliphatic carboxylic acids is 1. The number of carbonyl (C=O) groups is 2. The van der Waals surface area contributed by atoms with Crippen LogP contribution in [0.2, 0.25) is 0 Å². The van der Waals surface area contributed by atoms with E-state index in [4.69, 9.17) is 10.2 Å². The molecule has 1 fully saturated rings. The van der Waals surface area contributed by atoms with Crippen LogP contribution in [0.3, 0.4) is 0 Å². The fourth-order valence-corrected chi connectivity index (χ4v) is 2.14. The Labute approximate surface area is 112 Å². The summed E-state index contributed by atoms with van der Waals surface area (Å²) in [5.74, 6) is -1.77. The van der Waals surface area contributed by atoms with Crippen molar-refractivity contribution in [3.63, 3.8) is 0 Å². The van der Waals surface area contributed by atoms with Gasteiger partial charge in [-0.15, -0.1) is 5.10 Å². The number of amides is 1. The van der Waals surface area contributed by atoms with E-state index in [1.165, 1.54) is 0 Å². The number of rotatable bonds is 7. The van der Waals surface area contributed by atoms with Gasteiger partial charge in [0.05, 0.1) is 18.4 Å². The van der Waals surface area contributed by atoms with Gasteiger partial charge in [-0.1, -0.05) is 11.8 Å². The molecule has 104 valence electrons. The van der Waals surface area contributed by atoms with Gasteiger partial charge in [-0.2, -0.15) is 0 Å². The Hall–Kier alpha value is -1.68. The van der Waals surface area contributed by atoms with E-state index in [-0.39, 0.29) is 5.75 Å². The van der Waals surface area contributed by atoms with Gasteiger partial charge in [-0.05, 0) is 23.3 Å². The number of nitrogens with one attached hydrogen (secondary N) is 1. The van der Waals surface area contributed by atoms with Crippen molar-refractivity contribution in [1.29, 1.82) is 0 Å². The van der Waals surface area contributed by atoms with Crippen LogP contribution in [0.1, 0.15) is 18.9 Å². The van der Waals surface area contributed by atoms with E-state index in [1.54, 1.807) is 4.68 Å². The molecule has 1 aromatic rings. The zero-order valence-electron chi connectivity index (χ0n) is 9.89. The summed E-state index contributed by atoms with van der Waals surface area (Å²) in [6.07, 6.45) is 2.05. The number of tetrazole rings is 1. The Morgan fingerprint density at radius 1 is 1.53 bits per heavy atom. The van der Waals surface area contributed by atoms with E-state index in [2.05, 4.69) is 20.8 Å². The van der Waals surface area contributed by atoms with Crippen LogP contribution in [0.5, 0.6) is 0 Å². The van der Waals surface area contributed by atoms with E-state index in [0.717, 1.165) is 24.6 Å². The molecule has 1 aliphatic carbocycles.